The van der Waals surface area contributed by atoms with Crippen molar-refractivity contribution in [3.8, 4) is 0 Å². The number of ketones is 3. The lowest BCUT2D eigenvalue weighted by Crippen LogP contribution is -2.36. The van der Waals surface area contributed by atoms with Crippen molar-refractivity contribution < 1.29 is 111 Å². The van der Waals surface area contributed by atoms with Crippen LogP contribution in [0.2, 0.25) is 0 Å². The fraction of sp³-hybridized carbons (Fsp3) is 0.633. The Morgan fingerprint density at radius 3 is 1.34 bits per heavy atom. The van der Waals surface area contributed by atoms with Gasteiger partial charge < -0.3 is 15.3 Å². The Morgan fingerprint density at radius 2 is 1.01 bits per heavy atom. The van der Waals surface area contributed by atoms with E-state index in [0.29, 0.717) is 57.1 Å². The number of fused-ring (bicyclic) bond motifs is 1. The fourth-order valence-corrected chi connectivity index (χ4v) is 9.45. The van der Waals surface area contributed by atoms with Crippen LogP contribution in [0.3, 0.4) is 0 Å². The fourth-order valence-electron chi connectivity index (χ4n) is 6.69. The van der Waals surface area contributed by atoms with Gasteiger partial charge in [0.1, 0.15) is 22.8 Å². The number of nitrogens with zero attached hydrogens (tertiary/aromatic N) is 1. The zero-order valence-corrected chi connectivity index (χ0v) is 53.1. The summed E-state index contributed by atoms with van der Waals surface area (Å²) in [7, 11) is -22.7. The third-order valence-corrected chi connectivity index (χ3v) is 16.1. The second-order valence-corrected chi connectivity index (χ2v) is 27.2. The van der Waals surface area contributed by atoms with Crippen LogP contribution in [0.25, 0.3) is 0 Å². The number of benzene rings is 2. The van der Waals surface area contributed by atoms with Gasteiger partial charge in [-0.05, 0) is 129 Å². The number of hydrazine groups is 1. The normalized spacial score (nSPS) is 14.9. The van der Waals surface area contributed by atoms with Gasteiger partial charge in [-0.3, -0.25) is 57.6 Å². The number of carboxylic acid groups (broad SMARTS) is 1. The molecule has 0 aromatic heterocycles. The summed E-state index contributed by atoms with van der Waals surface area (Å²) in [6.45, 7) is 16.5. The number of nitrogens with two attached hydrogens (primary N) is 1. The Hall–Kier alpha value is -5.01. The smallest absolute Gasteiger partial charge is 0.425 e. The Morgan fingerprint density at radius 1 is 0.651 bits per heavy atom. The van der Waals surface area contributed by atoms with Gasteiger partial charge in [-0.25, -0.2) is 0 Å². The van der Waals surface area contributed by atoms with Gasteiger partial charge in [0, 0.05) is 35.6 Å². The molecule has 1 aliphatic rings. The summed E-state index contributed by atoms with van der Waals surface area (Å²) in [5, 5.41) is 7.42. The summed E-state index contributed by atoms with van der Waals surface area (Å²) in [6.07, 6.45) is 6.31. The number of rotatable bonds is 27. The highest BCUT2D eigenvalue weighted by Gasteiger charge is 2.39. The Kier molecular flexibility index (Phi) is 41.8. The van der Waals surface area contributed by atoms with Crippen molar-refractivity contribution in [3.63, 3.8) is 0 Å². The minimum atomic E-state index is -4.10. The summed E-state index contributed by atoms with van der Waals surface area (Å²) in [4.78, 5) is 58.2. The molecular formula is C49H83N3O25S6. The lowest BCUT2D eigenvalue weighted by Gasteiger charge is -2.26. The Bertz CT molecular complexity index is 3020. The molecule has 2 aromatic carbocycles. The topological polar surface area (TPSA) is 488 Å². The van der Waals surface area contributed by atoms with E-state index in [0.717, 1.165) is 31.2 Å². The van der Waals surface area contributed by atoms with Crippen molar-refractivity contribution in [2.24, 2.45) is 28.1 Å². The van der Waals surface area contributed by atoms with Crippen LogP contribution >= 0.6 is 0 Å². The average Bonchev–Trinajstić information content (AvgIpc) is 3.59. The molecule has 1 heterocycles. The van der Waals surface area contributed by atoms with Crippen LogP contribution in [0.15, 0.2) is 58.4 Å². The van der Waals surface area contributed by atoms with Gasteiger partial charge in [-0.15, -0.1) is 12.6 Å². The number of hydrogen-bond donors (Lipinski definition) is 8. The van der Waals surface area contributed by atoms with Crippen LogP contribution in [0, 0.1) is 17.3 Å². The maximum absolute atomic E-state index is 11.7. The lowest BCUT2D eigenvalue weighted by molar-refractivity contribution is -0.159. The third kappa shape index (κ3) is 46.0. The molecule has 1 aliphatic heterocycles. The first-order valence-electron chi connectivity index (χ1n) is 25.3. The number of aliphatic imine (C=N–C) groups is 1. The van der Waals surface area contributed by atoms with Crippen molar-refractivity contribution in [2.75, 3.05) is 35.0 Å². The highest BCUT2D eigenvalue weighted by Crippen LogP contribution is 2.43. The molecule has 0 bridgehead atoms. The molecule has 2 aromatic rings. The average molecular weight is 1310 g/mol. The van der Waals surface area contributed by atoms with Crippen LogP contribution in [0.5, 0.6) is 0 Å². The van der Waals surface area contributed by atoms with Gasteiger partial charge in [0.15, 0.2) is 0 Å². The molecule has 0 aliphatic carbocycles. The quantitative estimate of drug-likeness (QED) is 0.0124. The minimum Gasteiger partial charge on any atom is -0.481 e. The van der Waals surface area contributed by atoms with Crippen LogP contribution < -0.4 is 11.3 Å². The van der Waals surface area contributed by atoms with Crippen molar-refractivity contribution >= 4 is 108 Å². The Balaban J connectivity index is -0.000000459. The molecular weight excluding hydrogens is 1220 g/mol. The number of nitrogens with one attached hydrogen (secondary N) is 1. The minimum absolute atomic E-state index is 0.0126. The van der Waals surface area contributed by atoms with E-state index >= 15 is 0 Å². The number of hydrogen-bond acceptors (Lipinski definition) is 22. The molecule has 0 spiro atoms. The molecule has 3 rings (SSSR count). The molecule has 28 nitrogen and oxygen atoms in total. The summed E-state index contributed by atoms with van der Waals surface area (Å²) in [6, 6.07) is 13.5. The van der Waals surface area contributed by atoms with E-state index in [1.54, 1.807) is 6.92 Å². The second kappa shape index (κ2) is 41.1. The number of carboxylic acids is 1. The molecule has 4 atom stereocenters. The molecule has 0 saturated heterocycles. The van der Waals surface area contributed by atoms with Crippen LogP contribution in [0.1, 0.15) is 152 Å². The molecule has 9 N–H and O–H groups in total. The van der Waals surface area contributed by atoms with Gasteiger partial charge in [0.2, 0.25) is 0 Å². The number of Topliss-reactive ketones (excluding diaryl/α,β-unsaturated/α-hetero) is 3. The largest absolute Gasteiger partial charge is 0.481 e. The monoisotopic (exact) mass is 1310 g/mol. The Labute approximate surface area is 490 Å². The lowest BCUT2D eigenvalue weighted by atomic mass is 9.76. The maximum atomic E-state index is 11.7. The number of para-hydroxylation sites is 1. The zero-order valence-electron chi connectivity index (χ0n) is 48.2. The number of carbonyl (C=O) groups is 5. The second-order valence-electron chi connectivity index (χ2n) is 19.1. The molecule has 480 valence electrons. The van der Waals surface area contributed by atoms with E-state index < -0.39 is 78.6 Å². The predicted octanol–water partition coefficient (Wildman–Crippen LogP) is 6.16. The van der Waals surface area contributed by atoms with E-state index in [1.165, 1.54) is 57.5 Å². The maximum Gasteiger partial charge on any atom is 0.425 e. The van der Waals surface area contributed by atoms with Crippen LogP contribution in [0.4, 0.5) is 11.4 Å². The molecule has 34 heteroatoms. The molecule has 0 fully saturated rings. The van der Waals surface area contributed by atoms with Crippen LogP contribution in [-0.2, 0) is 95.3 Å². The van der Waals surface area contributed by atoms with Crippen molar-refractivity contribution in [2.45, 2.75) is 157 Å². The van der Waals surface area contributed by atoms with Gasteiger partial charge >= 0.3 is 16.6 Å². The number of carbonyl (C=O) groups excluding carboxylic acids is 4. The van der Waals surface area contributed by atoms with Gasteiger partial charge in [0.25, 0.3) is 56.6 Å². The standard InChI is InChI=1S/C14H19NO3S.C11H20O6S.2C8H16O4S.C6H8N2O3S.C2H4O2.O3S/c1-11-14(2,9-5-6-10-19(16,17)18)12-7-3-4-8-13(12)15-11;1-4-17-10(13)11(3,9(2)12)7-5-6-8-18(14,15)16;2*1-7(8(2)9)5-3-4-6-13(10,11)12;7-8-5-1-3-6(4-2-5)12(9,10)11;1-2(3)4;1-4(2)3/h3-4,7-8H,5-6,9-10H2,1-2H3,(H,16,17,18);4-8H2,1-3H3,(H,14,15,16);2*7H,3-6H2,1-2H3,(H,10,11,12);1-4,8H,7H2,(H,9,10,11);1H3,(H,3,4);. The van der Waals surface area contributed by atoms with E-state index in [9.17, 15) is 61.3 Å². The molecule has 0 saturated carbocycles. The molecule has 0 radical (unpaired) electrons. The van der Waals surface area contributed by atoms with Gasteiger partial charge in [0.05, 0.1) is 40.2 Å². The number of aliphatic carboxylic acids is 1. The highest BCUT2D eigenvalue weighted by atomic mass is 32.2. The van der Waals surface area contributed by atoms with E-state index in [-0.39, 0.29) is 82.0 Å². The van der Waals surface area contributed by atoms with Gasteiger partial charge in [-0.1, -0.05) is 64.7 Å². The SMILES string of the molecule is CC(=O)C(C)CCCCS(=O)(=O)O.CC(=O)C(C)CCCCS(=O)(=O)O.CC(=O)O.CC1=Nc2ccccc2C1(C)CCCCS(=O)(=O)O.CCOC(=O)C(C)(CCCCS(=O)(=O)O)C(C)=O.NNc1ccc(S(=O)(=O)O)cc1.O=S(=O)=O. The summed E-state index contributed by atoms with van der Waals surface area (Å²) in [5.41, 5.74) is 4.83. The summed E-state index contributed by atoms with van der Waals surface area (Å²) < 4.78 is 178. The number of anilines is 1. The van der Waals surface area contributed by atoms with Gasteiger partial charge in [-0.2, -0.15) is 42.1 Å². The predicted molar refractivity (Wildman–Crippen MR) is 310 cm³/mol. The summed E-state index contributed by atoms with van der Waals surface area (Å²) in [5.74, 6) is 2.56. The third-order valence-electron chi connectivity index (χ3n) is 12.0. The molecule has 4 unspecified atom stereocenters. The number of nitrogen functional groups attached to an aromatic ring is 1. The highest BCUT2D eigenvalue weighted by molar-refractivity contribution is 7.86. The zero-order chi connectivity index (χ0) is 65.8. The van der Waals surface area contributed by atoms with Crippen molar-refractivity contribution in [1.29, 1.82) is 0 Å². The van der Waals surface area contributed by atoms with E-state index in [2.05, 4.69) is 23.4 Å². The first kappa shape index (κ1) is 84.4. The van der Waals surface area contributed by atoms with E-state index in [4.69, 9.17) is 55.9 Å². The van der Waals surface area contributed by atoms with E-state index in [1.807, 2.05) is 39.0 Å². The van der Waals surface area contributed by atoms with Crippen molar-refractivity contribution in [3.05, 3.63) is 54.1 Å². The van der Waals surface area contributed by atoms with Crippen molar-refractivity contribution in [1.82, 2.24) is 0 Å². The summed E-state index contributed by atoms with van der Waals surface area (Å²) >= 11 is 0. The first-order chi connectivity index (χ1) is 37.6. The number of unbranched alkanes of at least 4 members (excludes halogenated alkanes) is 4. The number of ether oxygens (including phenoxy) is 1. The number of esters is 1. The first-order valence-corrected chi connectivity index (χ1v) is 34.1. The molecule has 0 amide bonds. The van der Waals surface area contributed by atoms with Crippen LogP contribution in [-0.4, -0.2) is 147 Å². The molecule has 83 heavy (non-hydrogen) atoms.